The first-order chi connectivity index (χ1) is 9.51. The number of nitrogens with zero attached hydrogens (tertiary/aromatic N) is 1. The van der Waals surface area contributed by atoms with E-state index in [2.05, 4.69) is 29.4 Å². The van der Waals surface area contributed by atoms with Crippen molar-refractivity contribution in [3.05, 3.63) is 0 Å². The number of likely N-dealkylation sites (N-methyl/N-ethyl adjacent to an activating group) is 1. The summed E-state index contributed by atoms with van der Waals surface area (Å²) in [7, 11) is 1.66. The van der Waals surface area contributed by atoms with E-state index < -0.39 is 0 Å². The lowest BCUT2D eigenvalue weighted by molar-refractivity contribution is -0.131. The summed E-state index contributed by atoms with van der Waals surface area (Å²) in [5, 5.41) is 5.69. The van der Waals surface area contributed by atoms with Crippen molar-refractivity contribution in [2.24, 2.45) is 5.92 Å². The number of rotatable bonds is 7. The molecular weight excluding hydrogens is 254 g/mol. The molecule has 116 valence electrons. The molecule has 1 rings (SSSR count). The minimum Gasteiger partial charge on any atom is -0.358 e. The second kappa shape index (κ2) is 8.25. The van der Waals surface area contributed by atoms with Gasteiger partial charge in [0.15, 0.2) is 0 Å². The van der Waals surface area contributed by atoms with E-state index in [-0.39, 0.29) is 23.9 Å². The van der Waals surface area contributed by atoms with Gasteiger partial charge in [0.05, 0.1) is 12.1 Å². The van der Waals surface area contributed by atoms with E-state index >= 15 is 0 Å². The van der Waals surface area contributed by atoms with Gasteiger partial charge in [0.1, 0.15) is 0 Å². The zero-order chi connectivity index (χ0) is 15.1. The molecule has 1 fully saturated rings. The lowest BCUT2D eigenvalue weighted by atomic mass is 10.0. The molecule has 0 unspecified atom stereocenters. The predicted octanol–water partition coefficient (Wildman–Crippen LogP) is 1.14. The smallest absolute Gasteiger partial charge is 0.237 e. The van der Waals surface area contributed by atoms with E-state index in [1.54, 1.807) is 7.05 Å². The molecule has 0 spiro atoms. The van der Waals surface area contributed by atoms with Crippen molar-refractivity contribution in [2.75, 3.05) is 20.1 Å². The summed E-state index contributed by atoms with van der Waals surface area (Å²) in [5.74, 6) is 0.521. The molecule has 0 radical (unpaired) electrons. The van der Waals surface area contributed by atoms with Gasteiger partial charge in [-0.1, -0.05) is 20.8 Å². The van der Waals surface area contributed by atoms with Crippen molar-refractivity contribution in [3.63, 3.8) is 0 Å². The molecule has 2 N–H and O–H groups in total. The van der Waals surface area contributed by atoms with Crippen molar-refractivity contribution in [3.8, 4) is 0 Å². The number of hydrogen-bond donors (Lipinski definition) is 2. The summed E-state index contributed by atoms with van der Waals surface area (Å²) >= 11 is 0. The van der Waals surface area contributed by atoms with Crippen LogP contribution in [0.4, 0.5) is 0 Å². The maximum absolute atomic E-state index is 12.2. The topological polar surface area (TPSA) is 61.4 Å². The number of carbonyl (C=O) groups excluding carboxylic acids is 2. The van der Waals surface area contributed by atoms with E-state index in [1.165, 1.54) is 0 Å². The van der Waals surface area contributed by atoms with Crippen LogP contribution in [0.25, 0.3) is 0 Å². The molecule has 0 aromatic rings. The Labute approximate surface area is 122 Å². The van der Waals surface area contributed by atoms with Gasteiger partial charge in [-0.05, 0) is 38.1 Å². The maximum atomic E-state index is 12.2. The Bertz CT molecular complexity index is 331. The fraction of sp³-hybridized carbons (Fsp3) is 0.867. The van der Waals surface area contributed by atoms with Gasteiger partial charge in [-0.3, -0.25) is 14.5 Å². The van der Waals surface area contributed by atoms with E-state index in [0.717, 1.165) is 32.2 Å². The Morgan fingerprint density at radius 1 is 1.35 bits per heavy atom. The number of nitrogens with one attached hydrogen (secondary N) is 2. The Kier molecular flexibility index (Phi) is 6.99. The molecule has 1 saturated heterocycles. The quantitative estimate of drug-likeness (QED) is 0.736. The van der Waals surface area contributed by atoms with Crippen LogP contribution in [0, 0.1) is 5.92 Å². The number of carbonyl (C=O) groups is 2. The largest absolute Gasteiger partial charge is 0.358 e. The van der Waals surface area contributed by atoms with Crippen LogP contribution in [-0.2, 0) is 9.59 Å². The fourth-order valence-electron chi connectivity index (χ4n) is 2.82. The molecule has 1 heterocycles. The van der Waals surface area contributed by atoms with Crippen LogP contribution in [0.15, 0.2) is 0 Å². The minimum absolute atomic E-state index is 0.0221. The first kappa shape index (κ1) is 17.0. The molecule has 5 nitrogen and oxygen atoms in total. The lowest BCUT2D eigenvalue weighted by Crippen LogP contribution is -2.53. The van der Waals surface area contributed by atoms with Gasteiger partial charge in [0.2, 0.25) is 11.8 Å². The summed E-state index contributed by atoms with van der Waals surface area (Å²) < 4.78 is 0. The highest BCUT2D eigenvalue weighted by Gasteiger charge is 2.38. The molecule has 1 aliphatic heterocycles. The first-order valence-electron chi connectivity index (χ1n) is 7.76. The van der Waals surface area contributed by atoms with Gasteiger partial charge in [-0.25, -0.2) is 0 Å². The first-order valence-corrected chi connectivity index (χ1v) is 7.76. The third-order valence-electron chi connectivity index (χ3n) is 3.79. The average Bonchev–Trinajstić information content (AvgIpc) is 2.90. The number of hydrogen-bond acceptors (Lipinski definition) is 3. The van der Waals surface area contributed by atoms with Crippen LogP contribution >= 0.6 is 0 Å². The molecule has 20 heavy (non-hydrogen) atoms. The number of amides is 2. The Morgan fingerprint density at radius 3 is 2.60 bits per heavy atom. The summed E-state index contributed by atoms with van der Waals surface area (Å²) in [6, 6.07) is -0.345. The monoisotopic (exact) mass is 283 g/mol. The highest BCUT2D eigenvalue weighted by atomic mass is 16.2. The molecule has 1 aliphatic rings. The van der Waals surface area contributed by atoms with Gasteiger partial charge in [0, 0.05) is 13.6 Å². The zero-order valence-corrected chi connectivity index (χ0v) is 13.2. The van der Waals surface area contributed by atoms with Gasteiger partial charge in [-0.15, -0.1) is 0 Å². The van der Waals surface area contributed by atoms with Crippen molar-refractivity contribution in [2.45, 2.75) is 58.5 Å². The average molecular weight is 283 g/mol. The Balaban J connectivity index is 2.77. The van der Waals surface area contributed by atoms with E-state index in [9.17, 15) is 9.59 Å². The molecule has 0 saturated carbocycles. The summed E-state index contributed by atoms with van der Waals surface area (Å²) in [6.07, 6.45) is 3.55. The molecular formula is C15H29N3O2. The third kappa shape index (κ3) is 4.47. The second-order valence-electron chi connectivity index (χ2n) is 5.95. The standard InChI is InChI=1S/C15H29N3O2/c1-5-8-17-15(20)12-7-6-9-18(12)13(10-11(2)3)14(19)16-4/h11-13H,5-10H2,1-4H3,(H,16,19)(H,17,20)/t12-,13+/m0/s1. The molecule has 0 aliphatic carbocycles. The normalized spacial score (nSPS) is 20.9. The molecule has 0 bridgehead atoms. The zero-order valence-electron chi connectivity index (χ0n) is 13.2. The highest BCUT2D eigenvalue weighted by Crippen LogP contribution is 2.24. The summed E-state index contributed by atoms with van der Waals surface area (Å²) in [5.41, 5.74) is 0. The second-order valence-corrected chi connectivity index (χ2v) is 5.95. The van der Waals surface area contributed by atoms with Gasteiger partial charge >= 0.3 is 0 Å². The lowest BCUT2D eigenvalue weighted by Gasteiger charge is -2.32. The van der Waals surface area contributed by atoms with Crippen LogP contribution in [0.5, 0.6) is 0 Å². The molecule has 2 amide bonds. The highest BCUT2D eigenvalue weighted by molar-refractivity contribution is 5.85. The van der Waals surface area contributed by atoms with Gasteiger partial charge < -0.3 is 10.6 Å². The van der Waals surface area contributed by atoms with Crippen molar-refractivity contribution < 1.29 is 9.59 Å². The van der Waals surface area contributed by atoms with Crippen LogP contribution in [0.3, 0.4) is 0 Å². The molecule has 0 aromatic heterocycles. The Morgan fingerprint density at radius 2 is 2.05 bits per heavy atom. The minimum atomic E-state index is -0.195. The van der Waals surface area contributed by atoms with Crippen molar-refractivity contribution >= 4 is 11.8 Å². The van der Waals surface area contributed by atoms with Crippen molar-refractivity contribution in [1.82, 2.24) is 15.5 Å². The Hall–Kier alpha value is -1.10. The SMILES string of the molecule is CCCNC(=O)[C@@H]1CCCN1[C@H](CC(C)C)C(=O)NC. The van der Waals surface area contributed by atoms with Crippen LogP contribution in [-0.4, -0.2) is 48.9 Å². The fourth-order valence-corrected chi connectivity index (χ4v) is 2.82. The van der Waals surface area contributed by atoms with Gasteiger partial charge in [0.25, 0.3) is 0 Å². The summed E-state index contributed by atoms with van der Waals surface area (Å²) in [6.45, 7) is 7.79. The van der Waals surface area contributed by atoms with Crippen LogP contribution in [0.2, 0.25) is 0 Å². The van der Waals surface area contributed by atoms with E-state index in [0.29, 0.717) is 12.5 Å². The van der Waals surface area contributed by atoms with Crippen LogP contribution < -0.4 is 10.6 Å². The third-order valence-corrected chi connectivity index (χ3v) is 3.79. The maximum Gasteiger partial charge on any atom is 0.237 e. The van der Waals surface area contributed by atoms with E-state index in [4.69, 9.17) is 0 Å². The predicted molar refractivity (Wildman–Crippen MR) is 80.3 cm³/mol. The van der Waals surface area contributed by atoms with Gasteiger partial charge in [-0.2, -0.15) is 0 Å². The van der Waals surface area contributed by atoms with Crippen LogP contribution in [0.1, 0.15) is 46.5 Å². The molecule has 2 atom stereocenters. The summed E-state index contributed by atoms with van der Waals surface area (Å²) in [4.78, 5) is 26.5. The van der Waals surface area contributed by atoms with E-state index in [1.807, 2.05) is 6.92 Å². The molecule has 5 heteroatoms. The number of likely N-dealkylation sites (tertiary alicyclic amines) is 1. The van der Waals surface area contributed by atoms with Crippen molar-refractivity contribution in [1.29, 1.82) is 0 Å². The molecule has 0 aromatic carbocycles.